The molecule has 0 radical (unpaired) electrons. The first kappa shape index (κ1) is 73.1. The summed E-state index contributed by atoms with van der Waals surface area (Å²) in [5.74, 6) is -0.861. The van der Waals surface area contributed by atoms with Crippen LogP contribution in [-0.2, 0) is 28.6 Å². The van der Waals surface area contributed by atoms with E-state index >= 15 is 0 Å². The zero-order valence-electron chi connectivity index (χ0n) is 50.8. The molecule has 0 saturated heterocycles. The Morgan fingerprint density at radius 2 is 0.539 bits per heavy atom. The van der Waals surface area contributed by atoms with Crippen LogP contribution in [0, 0.1) is 0 Å². The van der Waals surface area contributed by atoms with Crippen molar-refractivity contribution >= 4 is 17.9 Å². The van der Waals surface area contributed by atoms with Gasteiger partial charge in [0.2, 0.25) is 0 Å². The van der Waals surface area contributed by atoms with Crippen molar-refractivity contribution in [3.8, 4) is 0 Å². The smallest absolute Gasteiger partial charge is 0.306 e. The molecule has 0 aromatic carbocycles. The zero-order valence-corrected chi connectivity index (χ0v) is 50.8. The number of rotatable bonds is 61. The summed E-state index contributed by atoms with van der Waals surface area (Å²) in [7, 11) is 0. The van der Waals surface area contributed by atoms with Crippen LogP contribution in [0.3, 0.4) is 0 Å². The van der Waals surface area contributed by atoms with Crippen LogP contribution in [0.4, 0.5) is 0 Å². The van der Waals surface area contributed by atoms with Gasteiger partial charge in [0.1, 0.15) is 13.2 Å². The molecule has 6 heteroatoms. The SMILES string of the molecule is CC/C=C\C/C=C\C/C=C\C/C=C\CCCCCCCCCCCCCCCCCCCCC(=O)OCC(COC(=O)CCCCCCC/C=C\CCC)OC(=O)CCCCCCCCCCCCCCCCCCC. The molecule has 0 amide bonds. The van der Waals surface area contributed by atoms with Crippen LogP contribution < -0.4 is 0 Å². The molecule has 0 heterocycles. The molecule has 1 unspecified atom stereocenters. The van der Waals surface area contributed by atoms with Crippen LogP contribution in [0.15, 0.2) is 60.8 Å². The molecule has 0 aromatic heterocycles. The van der Waals surface area contributed by atoms with Gasteiger partial charge in [-0.1, -0.05) is 313 Å². The third kappa shape index (κ3) is 62.0. The number of esters is 3. The summed E-state index contributed by atoms with van der Waals surface area (Å²) in [6.45, 7) is 6.51. The van der Waals surface area contributed by atoms with E-state index in [9.17, 15) is 14.4 Å². The standard InChI is InChI=1S/C70H126O6/c1-4-7-10-13-16-19-22-24-26-28-29-30-31-32-33-34-35-36-37-38-39-40-41-43-44-46-48-51-54-57-60-63-69(72)75-66-67(65-74-68(71)62-59-56-53-50-21-18-15-12-9-6-3)76-70(73)64-61-58-55-52-49-47-45-42-27-25-23-20-17-14-11-8-5-2/h7,10,12,15-16,19,24,26,29-30,67H,4-6,8-9,11,13-14,17-18,20-23,25,27-28,31-66H2,1-3H3/b10-7-,15-12-,19-16-,26-24-,30-29-. The van der Waals surface area contributed by atoms with Crippen LogP contribution in [0.5, 0.6) is 0 Å². The Morgan fingerprint density at radius 1 is 0.276 bits per heavy atom. The Labute approximate surface area is 472 Å². The summed E-state index contributed by atoms with van der Waals surface area (Å²) in [6.07, 6.45) is 82.6. The Balaban J connectivity index is 4.09. The van der Waals surface area contributed by atoms with E-state index in [0.717, 1.165) is 96.3 Å². The predicted octanol–water partition coefficient (Wildman–Crippen LogP) is 22.7. The van der Waals surface area contributed by atoms with Gasteiger partial charge in [-0.2, -0.15) is 0 Å². The summed E-state index contributed by atoms with van der Waals surface area (Å²) < 4.78 is 16.9. The van der Waals surface area contributed by atoms with E-state index in [1.807, 2.05) is 0 Å². The number of carbonyl (C=O) groups excluding carboxylic acids is 3. The number of unbranched alkanes of at least 4 members (excludes halogenated alkanes) is 40. The third-order valence-corrected chi connectivity index (χ3v) is 14.7. The molecule has 6 nitrogen and oxygen atoms in total. The first-order valence-electron chi connectivity index (χ1n) is 33.3. The monoisotopic (exact) mass is 1060 g/mol. The molecule has 0 aliphatic rings. The van der Waals surface area contributed by atoms with Crippen molar-refractivity contribution in [3.05, 3.63) is 60.8 Å². The number of hydrogen-bond acceptors (Lipinski definition) is 6. The molecule has 0 fully saturated rings. The van der Waals surface area contributed by atoms with Crippen LogP contribution in [0.1, 0.15) is 348 Å². The fraction of sp³-hybridized carbons (Fsp3) is 0.814. The van der Waals surface area contributed by atoms with Gasteiger partial charge < -0.3 is 14.2 Å². The van der Waals surface area contributed by atoms with Crippen molar-refractivity contribution in [2.24, 2.45) is 0 Å². The van der Waals surface area contributed by atoms with Crippen LogP contribution in [0.2, 0.25) is 0 Å². The lowest BCUT2D eigenvalue weighted by Gasteiger charge is -2.18. The minimum Gasteiger partial charge on any atom is -0.462 e. The van der Waals surface area contributed by atoms with E-state index in [2.05, 4.69) is 81.5 Å². The summed E-state index contributed by atoms with van der Waals surface area (Å²) in [5.41, 5.74) is 0. The fourth-order valence-electron chi connectivity index (χ4n) is 9.79. The minimum atomic E-state index is -0.773. The van der Waals surface area contributed by atoms with E-state index < -0.39 is 6.10 Å². The summed E-state index contributed by atoms with van der Waals surface area (Å²) in [5, 5.41) is 0. The Hall–Kier alpha value is -2.89. The second kappa shape index (κ2) is 64.6. The first-order chi connectivity index (χ1) is 37.5. The molecule has 442 valence electrons. The maximum absolute atomic E-state index is 12.9. The van der Waals surface area contributed by atoms with Crippen molar-refractivity contribution in [1.29, 1.82) is 0 Å². The highest BCUT2D eigenvalue weighted by molar-refractivity contribution is 5.71. The largest absolute Gasteiger partial charge is 0.462 e. The third-order valence-electron chi connectivity index (χ3n) is 14.7. The van der Waals surface area contributed by atoms with Gasteiger partial charge >= 0.3 is 17.9 Å². The molecule has 0 aliphatic carbocycles. The van der Waals surface area contributed by atoms with E-state index in [4.69, 9.17) is 14.2 Å². The van der Waals surface area contributed by atoms with Crippen molar-refractivity contribution in [1.82, 2.24) is 0 Å². The number of allylic oxidation sites excluding steroid dienone is 10. The molecular formula is C70H126O6. The Bertz CT molecular complexity index is 1360. The van der Waals surface area contributed by atoms with Crippen molar-refractivity contribution < 1.29 is 28.6 Å². The maximum atomic E-state index is 12.9. The highest BCUT2D eigenvalue weighted by Crippen LogP contribution is 2.18. The number of hydrogen-bond donors (Lipinski definition) is 0. The average molecular weight is 1060 g/mol. The molecule has 0 rings (SSSR count). The van der Waals surface area contributed by atoms with Gasteiger partial charge in [-0.3, -0.25) is 14.4 Å². The lowest BCUT2D eigenvalue weighted by molar-refractivity contribution is -0.167. The highest BCUT2D eigenvalue weighted by atomic mass is 16.6. The number of carbonyl (C=O) groups is 3. The fourth-order valence-corrected chi connectivity index (χ4v) is 9.79. The van der Waals surface area contributed by atoms with Gasteiger partial charge in [0.05, 0.1) is 0 Å². The summed E-state index contributed by atoms with van der Waals surface area (Å²) in [4.78, 5) is 38.2. The molecule has 0 bridgehead atoms. The molecule has 0 N–H and O–H groups in total. The number of ether oxygens (including phenoxy) is 3. The highest BCUT2D eigenvalue weighted by Gasteiger charge is 2.19. The van der Waals surface area contributed by atoms with Gasteiger partial charge in [0.15, 0.2) is 6.10 Å². The van der Waals surface area contributed by atoms with Gasteiger partial charge in [-0.25, -0.2) is 0 Å². The normalized spacial score (nSPS) is 12.4. The molecule has 0 aromatic rings. The molecule has 0 spiro atoms. The van der Waals surface area contributed by atoms with Gasteiger partial charge in [0.25, 0.3) is 0 Å². The maximum Gasteiger partial charge on any atom is 0.306 e. The summed E-state index contributed by atoms with van der Waals surface area (Å²) >= 11 is 0. The predicted molar refractivity (Wildman–Crippen MR) is 330 cm³/mol. The van der Waals surface area contributed by atoms with Crippen LogP contribution in [0.25, 0.3) is 0 Å². The van der Waals surface area contributed by atoms with E-state index in [1.54, 1.807) is 0 Å². The Kier molecular flexibility index (Phi) is 62.2. The topological polar surface area (TPSA) is 78.9 Å². The molecule has 1 atom stereocenters. The van der Waals surface area contributed by atoms with Crippen molar-refractivity contribution in [2.75, 3.05) is 13.2 Å². The molecular weight excluding hydrogens is 937 g/mol. The van der Waals surface area contributed by atoms with Crippen LogP contribution in [-0.4, -0.2) is 37.2 Å². The molecule has 0 saturated carbocycles. The van der Waals surface area contributed by atoms with Crippen molar-refractivity contribution in [3.63, 3.8) is 0 Å². The minimum absolute atomic E-state index is 0.0712. The lowest BCUT2D eigenvalue weighted by Crippen LogP contribution is -2.30. The second-order valence-corrected chi connectivity index (χ2v) is 22.4. The zero-order chi connectivity index (χ0) is 55.0. The summed E-state index contributed by atoms with van der Waals surface area (Å²) in [6, 6.07) is 0. The van der Waals surface area contributed by atoms with Gasteiger partial charge in [0, 0.05) is 19.3 Å². The average Bonchev–Trinajstić information content (AvgIpc) is 3.42. The second-order valence-electron chi connectivity index (χ2n) is 22.4. The van der Waals surface area contributed by atoms with Gasteiger partial charge in [-0.15, -0.1) is 0 Å². The van der Waals surface area contributed by atoms with E-state index in [1.165, 1.54) is 212 Å². The molecule has 0 aliphatic heterocycles. The molecule has 76 heavy (non-hydrogen) atoms. The van der Waals surface area contributed by atoms with Crippen LogP contribution >= 0.6 is 0 Å². The first-order valence-corrected chi connectivity index (χ1v) is 33.3. The Morgan fingerprint density at radius 3 is 0.868 bits per heavy atom. The van der Waals surface area contributed by atoms with E-state index in [-0.39, 0.29) is 31.1 Å². The lowest BCUT2D eigenvalue weighted by atomic mass is 10.0. The van der Waals surface area contributed by atoms with E-state index in [0.29, 0.717) is 19.3 Å². The quantitative estimate of drug-likeness (QED) is 0.0261. The van der Waals surface area contributed by atoms with Crippen molar-refractivity contribution in [2.45, 2.75) is 354 Å². The van der Waals surface area contributed by atoms with Gasteiger partial charge in [-0.05, 0) is 77.0 Å².